The summed E-state index contributed by atoms with van der Waals surface area (Å²) in [4.78, 5) is 24.3. The zero-order valence-electron chi connectivity index (χ0n) is 15.1. The Bertz CT molecular complexity index is 802. The third kappa shape index (κ3) is 5.73. The van der Waals surface area contributed by atoms with Crippen molar-refractivity contribution in [2.45, 2.75) is 32.4 Å². The third-order valence-corrected chi connectivity index (χ3v) is 4.72. The molecule has 0 unspecified atom stereocenters. The van der Waals surface area contributed by atoms with Gasteiger partial charge in [-0.15, -0.1) is 0 Å². The average molecular weight is 388 g/mol. The van der Waals surface area contributed by atoms with Gasteiger partial charge in [-0.05, 0) is 55.5 Å². The predicted octanol–water partition coefficient (Wildman–Crippen LogP) is 3.99. The van der Waals surface area contributed by atoms with Crippen LogP contribution >= 0.6 is 11.6 Å². The standard InChI is InChI=1S/C21H22ClNO4/c1-14(16-8-9-16)23-20(24)13-27-21(25)18-4-2-3-5-19(18)26-12-15-6-10-17(22)11-7-15/h2-7,10-11,14,16H,8-9,12-13H2,1H3,(H,23,24)/t14-/m0/s1. The Kier molecular flexibility index (Phi) is 6.35. The van der Waals surface area contributed by atoms with Gasteiger partial charge in [-0.2, -0.15) is 0 Å². The Balaban J connectivity index is 1.54. The number of amides is 1. The number of carbonyl (C=O) groups excluding carboxylic acids is 2. The van der Waals surface area contributed by atoms with Crippen molar-refractivity contribution < 1.29 is 19.1 Å². The highest BCUT2D eigenvalue weighted by molar-refractivity contribution is 6.30. The van der Waals surface area contributed by atoms with Crippen molar-refractivity contribution in [3.05, 3.63) is 64.7 Å². The zero-order chi connectivity index (χ0) is 19.2. The number of nitrogens with one attached hydrogen (secondary N) is 1. The third-order valence-electron chi connectivity index (χ3n) is 4.47. The minimum atomic E-state index is -0.587. The van der Waals surface area contributed by atoms with Gasteiger partial charge in [0.25, 0.3) is 5.91 Å². The fourth-order valence-corrected chi connectivity index (χ4v) is 2.85. The maximum atomic E-state index is 12.4. The normalized spacial score (nSPS) is 14.3. The van der Waals surface area contributed by atoms with E-state index in [9.17, 15) is 9.59 Å². The van der Waals surface area contributed by atoms with Crippen LogP contribution in [0.5, 0.6) is 5.75 Å². The summed E-state index contributed by atoms with van der Waals surface area (Å²) in [5.74, 6) is 0.0779. The van der Waals surface area contributed by atoms with Crippen LogP contribution in [0.25, 0.3) is 0 Å². The van der Waals surface area contributed by atoms with Crippen LogP contribution in [0.4, 0.5) is 0 Å². The summed E-state index contributed by atoms with van der Waals surface area (Å²) in [6.07, 6.45) is 2.28. The molecule has 0 aromatic heterocycles. The highest BCUT2D eigenvalue weighted by Gasteiger charge is 2.29. The molecule has 1 fully saturated rings. The number of ether oxygens (including phenoxy) is 2. The topological polar surface area (TPSA) is 64.6 Å². The van der Waals surface area contributed by atoms with E-state index in [-0.39, 0.29) is 24.1 Å². The number of para-hydroxylation sites is 1. The molecule has 0 radical (unpaired) electrons. The maximum absolute atomic E-state index is 12.4. The van der Waals surface area contributed by atoms with Crippen LogP contribution in [0, 0.1) is 5.92 Å². The minimum Gasteiger partial charge on any atom is -0.488 e. The van der Waals surface area contributed by atoms with Crippen molar-refractivity contribution in [1.82, 2.24) is 5.32 Å². The Morgan fingerprint density at radius 2 is 1.85 bits per heavy atom. The molecule has 142 valence electrons. The molecular weight excluding hydrogens is 366 g/mol. The van der Waals surface area contributed by atoms with E-state index in [1.807, 2.05) is 19.1 Å². The number of hydrogen-bond donors (Lipinski definition) is 1. The fourth-order valence-electron chi connectivity index (χ4n) is 2.72. The Morgan fingerprint density at radius 1 is 1.15 bits per heavy atom. The van der Waals surface area contributed by atoms with E-state index in [0.717, 1.165) is 18.4 Å². The van der Waals surface area contributed by atoms with Crippen LogP contribution in [0.1, 0.15) is 35.7 Å². The quantitative estimate of drug-likeness (QED) is 0.695. The lowest BCUT2D eigenvalue weighted by Crippen LogP contribution is -2.37. The molecule has 0 spiro atoms. The first kappa shape index (κ1) is 19.2. The monoisotopic (exact) mass is 387 g/mol. The van der Waals surface area contributed by atoms with Crippen LogP contribution in [0.2, 0.25) is 5.02 Å². The number of benzene rings is 2. The van der Waals surface area contributed by atoms with Crippen molar-refractivity contribution >= 4 is 23.5 Å². The van der Waals surface area contributed by atoms with Gasteiger partial charge >= 0.3 is 5.97 Å². The SMILES string of the molecule is C[C@H](NC(=O)COC(=O)c1ccccc1OCc1ccc(Cl)cc1)C1CC1. The molecule has 1 saturated carbocycles. The van der Waals surface area contributed by atoms with Gasteiger partial charge in [0.15, 0.2) is 6.61 Å². The summed E-state index contributed by atoms with van der Waals surface area (Å²) in [5.41, 5.74) is 1.21. The molecule has 1 aliphatic rings. The number of halogens is 1. The second-order valence-corrected chi connectivity index (χ2v) is 7.12. The summed E-state index contributed by atoms with van der Waals surface area (Å²) >= 11 is 5.87. The largest absolute Gasteiger partial charge is 0.488 e. The van der Waals surface area contributed by atoms with Gasteiger partial charge in [0.05, 0.1) is 0 Å². The van der Waals surface area contributed by atoms with Gasteiger partial charge in [-0.25, -0.2) is 4.79 Å². The van der Waals surface area contributed by atoms with Crippen molar-refractivity contribution in [3.63, 3.8) is 0 Å². The lowest BCUT2D eigenvalue weighted by molar-refractivity contribution is -0.125. The minimum absolute atomic E-state index is 0.117. The molecule has 2 aromatic rings. The van der Waals surface area contributed by atoms with E-state index in [1.54, 1.807) is 36.4 Å². The van der Waals surface area contributed by atoms with Crippen molar-refractivity contribution in [3.8, 4) is 5.75 Å². The fraction of sp³-hybridized carbons (Fsp3) is 0.333. The highest BCUT2D eigenvalue weighted by Crippen LogP contribution is 2.32. The van der Waals surface area contributed by atoms with Crippen molar-refractivity contribution in [2.24, 2.45) is 5.92 Å². The van der Waals surface area contributed by atoms with E-state index in [2.05, 4.69) is 5.32 Å². The first-order valence-electron chi connectivity index (χ1n) is 8.95. The van der Waals surface area contributed by atoms with Crippen LogP contribution in [0.3, 0.4) is 0 Å². The second kappa shape index (κ2) is 8.91. The van der Waals surface area contributed by atoms with Gasteiger partial charge < -0.3 is 14.8 Å². The van der Waals surface area contributed by atoms with E-state index < -0.39 is 5.97 Å². The molecule has 0 aliphatic heterocycles. The molecule has 2 aromatic carbocycles. The van der Waals surface area contributed by atoms with E-state index in [4.69, 9.17) is 21.1 Å². The lowest BCUT2D eigenvalue weighted by Gasteiger charge is -2.14. The number of rotatable bonds is 8. The second-order valence-electron chi connectivity index (χ2n) is 6.68. The summed E-state index contributed by atoms with van der Waals surface area (Å²) in [6, 6.07) is 14.2. The maximum Gasteiger partial charge on any atom is 0.342 e. The van der Waals surface area contributed by atoms with Gasteiger partial charge in [-0.1, -0.05) is 35.9 Å². The number of carbonyl (C=O) groups is 2. The number of hydrogen-bond acceptors (Lipinski definition) is 4. The first-order valence-corrected chi connectivity index (χ1v) is 9.33. The van der Waals surface area contributed by atoms with Crippen molar-refractivity contribution in [2.75, 3.05) is 6.61 Å². The first-order chi connectivity index (χ1) is 13.0. The van der Waals surface area contributed by atoms with Gasteiger partial charge in [0.2, 0.25) is 0 Å². The van der Waals surface area contributed by atoms with E-state index in [1.165, 1.54) is 0 Å². The summed E-state index contributed by atoms with van der Waals surface area (Å²) in [7, 11) is 0. The Hall–Kier alpha value is -2.53. The summed E-state index contributed by atoms with van der Waals surface area (Å²) in [6.45, 7) is 1.96. The van der Waals surface area contributed by atoms with Crippen LogP contribution in [-0.2, 0) is 16.1 Å². The van der Waals surface area contributed by atoms with Crippen LogP contribution in [-0.4, -0.2) is 24.5 Å². The molecule has 1 N–H and O–H groups in total. The molecule has 27 heavy (non-hydrogen) atoms. The van der Waals surface area contributed by atoms with Gasteiger partial charge in [-0.3, -0.25) is 4.79 Å². The molecule has 0 saturated heterocycles. The number of esters is 1. The molecule has 5 nitrogen and oxygen atoms in total. The smallest absolute Gasteiger partial charge is 0.342 e. The van der Waals surface area contributed by atoms with Gasteiger partial charge in [0.1, 0.15) is 17.9 Å². The summed E-state index contributed by atoms with van der Waals surface area (Å²) in [5, 5.41) is 3.51. The Labute approximate surface area is 163 Å². The van der Waals surface area contributed by atoms with E-state index >= 15 is 0 Å². The molecule has 3 rings (SSSR count). The summed E-state index contributed by atoms with van der Waals surface area (Å²) < 4.78 is 10.9. The molecule has 1 amide bonds. The molecule has 0 bridgehead atoms. The lowest BCUT2D eigenvalue weighted by atomic mass is 10.2. The Morgan fingerprint density at radius 3 is 2.56 bits per heavy atom. The molecule has 0 heterocycles. The van der Waals surface area contributed by atoms with Crippen LogP contribution < -0.4 is 10.1 Å². The van der Waals surface area contributed by atoms with Gasteiger partial charge in [0, 0.05) is 11.1 Å². The molecule has 6 heteroatoms. The molecule has 1 atom stereocenters. The zero-order valence-corrected chi connectivity index (χ0v) is 15.9. The predicted molar refractivity (Wildman–Crippen MR) is 103 cm³/mol. The average Bonchev–Trinajstić information content (AvgIpc) is 3.51. The van der Waals surface area contributed by atoms with Crippen LogP contribution in [0.15, 0.2) is 48.5 Å². The van der Waals surface area contributed by atoms with E-state index in [0.29, 0.717) is 23.3 Å². The highest BCUT2D eigenvalue weighted by atomic mass is 35.5. The molecular formula is C21H22ClNO4. The molecule has 1 aliphatic carbocycles. The van der Waals surface area contributed by atoms with Crippen molar-refractivity contribution in [1.29, 1.82) is 0 Å².